The maximum absolute atomic E-state index is 12.1. The van der Waals surface area contributed by atoms with Gasteiger partial charge in [-0.3, -0.25) is 24.1 Å². The van der Waals surface area contributed by atoms with Crippen LogP contribution in [-0.4, -0.2) is 46.1 Å². The summed E-state index contributed by atoms with van der Waals surface area (Å²) >= 11 is 0. The van der Waals surface area contributed by atoms with Gasteiger partial charge in [0.2, 0.25) is 11.8 Å². The van der Waals surface area contributed by atoms with Crippen molar-refractivity contribution in [3.63, 3.8) is 0 Å². The molecule has 0 N–H and O–H groups in total. The molecule has 8 nitrogen and oxygen atoms in total. The lowest BCUT2D eigenvalue weighted by Gasteiger charge is -2.18. The first kappa shape index (κ1) is 15.9. The molecule has 0 unspecified atom stereocenters. The van der Waals surface area contributed by atoms with Gasteiger partial charge in [0.15, 0.2) is 0 Å². The van der Waals surface area contributed by atoms with Crippen LogP contribution in [0.3, 0.4) is 0 Å². The summed E-state index contributed by atoms with van der Waals surface area (Å²) in [5.74, 6) is -3.55. The number of nitrogens with zero attached hydrogens (tertiary/aromatic N) is 2. The Kier molecular flexibility index (Phi) is 3.47. The summed E-state index contributed by atoms with van der Waals surface area (Å²) in [5.41, 5.74) is -0.623. The summed E-state index contributed by atoms with van der Waals surface area (Å²) in [6, 6.07) is 6.05. The summed E-state index contributed by atoms with van der Waals surface area (Å²) in [6.07, 6.45) is -0.00781. The third-order valence-corrected chi connectivity index (χ3v) is 3.96. The minimum Gasteiger partial charge on any atom is -0.328 e. The topological polar surface area (TPSA) is 101 Å². The van der Waals surface area contributed by atoms with Crippen LogP contribution in [0.15, 0.2) is 24.3 Å². The molecule has 0 radical (unpaired) electrons. The standard InChI is InChI=1S/C16H14N2O6/c1-16(2)7-11(19)17(15(16)23)8-12(20)24-18-13(21)9-5-3-4-6-10(9)14(18)22/h3-6H,7-8H2,1-2H3. The largest absolute Gasteiger partial charge is 0.352 e. The molecule has 0 aliphatic carbocycles. The number of amides is 4. The Morgan fingerprint density at radius 2 is 1.62 bits per heavy atom. The molecule has 0 atom stereocenters. The minimum absolute atomic E-state index is 0.00781. The van der Waals surface area contributed by atoms with Crippen molar-refractivity contribution in [2.75, 3.05) is 6.54 Å². The number of hydroxylamine groups is 2. The maximum atomic E-state index is 12.1. The molecule has 3 rings (SSSR count). The molecule has 124 valence electrons. The van der Waals surface area contributed by atoms with Gasteiger partial charge >= 0.3 is 5.97 Å². The van der Waals surface area contributed by atoms with Gasteiger partial charge in [0.05, 0.1) is 16.5 Å². The Morgan fingerprint density at radius 1 is 1.08 bits per heavy atom. The van der Waals surface area contributed by atoms with E-state index in [1.54, 1.807) is 26.0 Å². The van der Waals surface area contributed by atoms with Crippen molar-refractivity contribution in [2.45, 2.75) is 20.3 Å². The molecule has 8 heteroatoms. The Labute approximate surface area is 136 Å². The van der Waals surface area contributed by atoms with E-state index in [1.165, 1.54) is 12.1 Å². The summed E-state index contributed by atoms with van der Waals surface area (Å²) in [7, 11) is 0. The lowest BCUT2D eigenvalue weighted by atomic mass is 9.92. The maximum Gasteiger partial charge on any atom is 0.352 e. The van der Waals surface area contributed by atoms with Crippen molar-refractivity contribution in [1.29, 1.82) is 0 Å². The van der Waals surface area contributed by atoms with Gasteiger partial charge in [-0.15, -0.1) is 0 Å². The highest BCUT2D eigenvalue weighted by molar-refractivity contribution is 6.21. The lowest BCUT2D eigenvalue weighted by molar-refractivity contribution is -0.172. The van der Waals surface area contributed by atoms with Gasteiger partial charge in [-0.05, 0) is 12.1 Å². The highest BCUT2D eigenvalue weighted by Crippen LogP contribution is 2.31. The molecule has 2 aliphatic heterocycles. The van der Waals surface area contributed by atoms with Crippen molar-refractivity contribution in [3.8, 4) is 0 Å². The number of carbonyl (C=O) groups excluding carboxylic acids is 5. The van der Waals surface area contributed by atoms with Crippen LogP contribution < -0.4 is 0 Å². The van der Waals surface area contributed by atoms with Crippen molar-refractivity contribution < 1.29 is 28.8 Å². The first-order chi connectivity index (χ1) is 11.2. The summed E-state index contributed by atoms with van der Waals surface area (Å²) < 4.78 is 0. The molecule has 2 heterocycles. The first-order valence-electron chi connectivity index (χ1n) is 7.26. The lowest BCUT2D eigenvalue weighted by Crippen LogP contribution is -2.41. The fourth-order valence-electron chi connectivity index (χ4n) is 2.70. The smallest absolute Gasteiger partial charge is 0.328 e. The predicted octanol–water partition coefficient (Wildman–Crippen LogP) is 0.526. The molecule has 0 spiro atoms. The van der Waals surface area contributed by atoms with E-state index in [4.69, 9.17) is 4.84 Å². The second kappa shape index (κ2) is 5.26. The fraction of sp³-hybridized carbons (Fsp3) is 0.312. The number of benzene rings is 1. The molecule has 0 saturated carbocycles. The summed E-state index contributed by atoms with van der Waals surface area (Å²) in [4.78, 5) is 65.6. The zero-order valence-electron chi connectivity index (χ0n) is 13.1. The third-order valence-electron chi connectivity index (χ3n) is 3.96. The number of carbonyl (C=O) groups is 5. The molecule has 0 bridgehead atoms. The van der Waals surface area contributed by atoms with E-state index in [0.29, 0.717) is 5.06 Å². The monoisotopic (exact) mass is 330 g/mol. The Hall–Kier alpha value is -3.03. The minimum atomic E-state index is -1.04. The molecule has 1 aromatic carbocycles. The third kappa shape index (κ3) is 2.36. The number of hydrogen-bond acceptors (Lipinski definition) is 6. The van der Waals surface area contributed by atoms with Crippen molar-refractivity contribution in [1.82, 2.24) is 9.96 Å². The van der Waals surface area contributed by atoms with E-state index < -0.39 is 41.6 Å². The second-order valence-corrected chi connectivity index (χ2v) is 6.26. The van der Waals surface area contributed by atoms with Crippen molar-refractivity contribution >= 4 is 29.6 Å². The van der Waals surface area contributed by atoms with Crippen LogP contribution in [-0.2, 0) is 19.2 Å². The summed E-state index contributed by atoms with van der Waals surface area (Å²) in [6.45, 7) is 2.56. The first-order valence-corrected chi connectivity index (χ1v) is 7.26. The Bertz CT molecular complexity index is 763. The molecular weight excluding hydrogens is 316 g/mol. The van der Waals surface area contributed by atoms with Crippen LogP contribution in [0.2, 0.25) is 0 Å². The van der Waals surface area contributed by atoms with Crippen molar-refractivity contribution in [3.05, 3.63) is 35.4 Å². The molecule has 1 aromatic rings. The van der Waals surface area contributed by atoms with E-state index >= 15 is 0 Å². The molecule has 2 aliphatic rings. The average Bonchev–Trinajstić information content (AvgIpc) is 2.87. The molecule has 24 heavy (non-hydrogen) atoms. The second-order valence-electron chi connectivity index (χ2n) is 6.26. The van der Waals surface area contributed by atoms with Crippen LogP contribution in [0.4, 0.5) is 0 Å². The Morgan fingerprint density at radius 3 is 2.08 bits per heavy atom. The number of imide groups is 2. The molecule has 0 aromatic heterocycles. The molecule has 1 saturated heterocycles. The molecule has 4 amide bonds. The van der Waals surface area contributed by atoms with Crippen LogP contribution in [0.5, 0.6) is 0 Å². The Balaban J connectivity index is 1.71. The predicted molar refractivity (Wildman–Crippen MR) is 78.2 cm³/mol. The van der Waals surface area contributed by atoms with Crippen LogP contribution in [0.1, 0.15) is 41.0 Å². The van der Waals surface area contributed by atoms with Crippen LogP contribution >= 0.6 is 0 Å². The van der Waals surface area contributed by atoms with E-state index in [-0.39, 0.29) is 17.5 Å². The zero-order valence-corrected chi connectivity index (χ0v) is 13.1. The van der Waals surface area contributed by atoms with Crippen LogP contribution in [0.25, 0.3) is 0 Å². The van der Waals surface area contributed by atoms with Gasteiger partial charge < -0.3 is 4.84 Å². The van der Waals surface area contributed by atoms with E-state index in [1.807, 2.05) is 0 Å². The highest BCUT2D eigenvalue weighted by Gasteiger charge is 2.46. The van der Waals surface area contributed by atoms with Gasteiger partial charge in [-0.1, -0.05) is 31.0 Å². The molecule has 1 fully saturated rings. The highest BCUT2D eigenvalue weighted by atomic mass is 16.7. The van der Waals surface area contributed by atoms with Gasteiger partial charge in [-0.2, -0.15) is 0 Å². The quantitative estimate of drug-likeness (QED) is 0.749. The number of likely N-dealkylation sites (tertiary alicyclic amines) is 1. The van der Waals surface area contributed by atoms with Gasteiger partial charge in [0.1, 0.15) is 6.54 Å². The normalized spacial score (nSPS) is 19.1. The number of fused-ring (bicyclic) bond motifs is 1. The van der Waals surface area contributed by atoms with E-state index in [0.717, 1.165) is 4.90 Å². The van der Waals surface area contributed by atoms with Gasteiger partial charge in [0, 0.05) is 6.42 Å². The number of rotatable bonds is 3. The number of hydrogen-bond donors (Lipinski definition) is 0. The van der Waals surface area contributed by atoms with E-state index in [9.17, 15) is 24.0 Å². The van der Waals surface area contributed by atoms with Crippen LogP contribution in [0, 0.1) is 5.41 Å². The van der Waals surface area contributed by atoms with Crippen molar-refractivity contribution in [2.24, 2.45) is 5.41 Å². The zero-order chi connectivity index (χ0) is 17.6. The SMILES string of the molecule is CC1(C)CC(=O)N(CC(=O)ON2C(=O)c3ccccc3C2=O)C1=O. The molecular formula is C16H14N2O6. The fourth-order valence-corrected chi connectivity index (χ4v) is 2.70. The average molecular weight is 330 g/mol. The van der Waals surface area contributed by atoms with E-state index in [2.05, 4.69) is 0 Å². The summed E-state index contributed by atoms with van der Waals surface area (Å²) in [5, 5.41) is 0.350. The van der Waals surface area contributed by atoms with Gasteiger partial charge in [-0.25, -0.2) is 4.79 Å². The van der Waals surface area contributed by atoms with Gasteiger partial charge in [0.25, 0.3) is 11.8 Å².